The van der Waals surface area contributed by atoms with Gasteiger partial charge in [0.1, 0.15) is 0 Å². The molecule has 4 heteroatoms. The number of ether oxygens (including phenoxy) is 1. The van der Waals surface area contributed by atoms with Crippen LogP contribution in [0.4, 0.5) is 5.69 Å². The van der Waals surface area contributed by atoms with Crippen LogP contribution in [0, 0.1) is 12.8 Å². The minimum atomic E-state index is 0.0843. The van der Waals surface area contributed by atoms with Crippen molar-refractivity contribution in [3.05, 3.63) is 29.3 Å². The van der Waals surface area contributed by atoms with Gasteiger partial charge in [0.2, 0.25) is 5.91 Å². The molecule has 1 aromatic carbocycles. The third kappa shape index (κ3) is 3.62. The normalized spacial score (nSPS) is 31.5. The predicted molar refractivity (Wildman–Crippen MR) is 104 cm³/mol. The Morgan fingerprint density at radius 3 is 2.65 bits per heavy atom. The first-order valence-electron chi connectivity index (χ1n) is 10.4. The lowest BCUT2D eigenvalue weighted by Crippen LogP contribution is -2.50. The van der Waals surface area contributed by atoms with Gasteiger partial charge in [0.15, 0.2) is 0 Å². The maximum Gasteiger partial charge on any atom is 0.217 e. The van der Waals surface area contributed by atoms with Gasteiger partial charge in [0.05, 0.1) is 12.2 Å². The zero-order valence-electron chi connectivity index (χ0n) is 16.2. The van der Waals surface area contributed by atoms with Gasteiger partial charge in [-0.05, 0) is 62.3 Å². The maximum absolute atomic E-state index is 11.7. The first-order valence-corrected chi connectivity index (χ1v) is 10.4. The second kappa shape index (κ2) is 7.59. The number of hydrogen-bond donors (Lipinski definition) is 1. The second-order valence-corrected chi connectivity index (χ2v) is 8.39. The zero-order valence-corrected chi connectivity index (χ0v) is 16.2. The summed E-state index contributed by atoms with van der Waals surface area (Å²) in [6.07, 6.45) is 8.68. The van der Waals surface area contributed by atoms with Gasteiger partial charge in [-0.25, -0.2) is 0 Å². The van der Waals surface area contributed by atoms with Crippen LogP contribution < -0.4 is 10.2 Å². The van der Waals surface area contributed by atoms with E-state index in [1.807, 2.05) is 0 Å². The minimum absolute atomic E-state index is 0.0843. The largest absolute Gasteiger partial charge is 0.372 e. The smallest absolute Gasteiger partial charge is 0.217 e. The molecule has 3 aliphatic rings. The third-order valence-corrected chi connectivity index (χ3v) is 6.54. The molecule has 0 radical (unpaired) electrons. The van der Waals surface area contributed by atoms with Gasteiger partial charge in [-0.2, -0.15) is 0 Å². The lowest BCUT2D eigenvalue weighted by Gasteiger charge is -2.45. The van der Waals surface area contributed by atoms with E-state index in [0.717, 1.165) is 12.8 Å². The number of aryl methyl sites for hydroxylation is 1. The minimum Gasteiger partial charge on any atom is -0.372 e. The Labute approximate surface area is 157 Å². The van der Waals surface area contributed by atoms with Crippen molar-refractivity contribution in [3.63, 3.8) is 0 Å². The Balaban J connectivity index is 1.55. The van der Waals surface area contributed by atoms with E-state index in [4.69, 9.17) is 4.74 Å². The maximum atomic E-state index is 11.7. The van der Waals surface area contributed by atoms with E-state index in [1.165, 1.54) is 62.0 Å². The molecule has 0 spiro atoms. The number of anilines is 1. The number of benzene rings is 1. The van der Waals surface area contributed by atoms with Crippen molar-refractivity contribution < 1.29 is 9.53 Å². The van der Waals surface area contributed by atoms with Crippen molar-refractivity contribution in [2.45, 2.75) is 77.0 Å². The quantitative estimate of drug-likeness (QED) is 0.886. The molecule has 1 saturated carbocycles. The van der Waals surface area contributed by atoms with Crippen LogP contribution in [-0.4, -0.2) is 31.1 Å². The average molecular weight is 357 g/mol. The van der Waals surface area contributed by atoms with Gasteiger partial charge in [0.25, 0.3) is 0 Å². The lowest BCUT2D eigenvalue weighted by atomic mass is 9.76. The number of nitrogens with zero attached hydrogens (tertiary/aromatic N) is 1. The Morgan fingerprint density at radius 1 is 1.15 bits per heavy atom. The zero-order chi connectivity index (χ0) is 18.1. The summed E-state index contributed by atoms with van der Waals surface area (Å²) < 4.78 is 6.57. The molecule has 1 amide bonds. The van der Waals surface area contributed by atoms with Crippen molar-refractivity contribution in [1.82, 2.24) is 5.32 Å². The highest BCUT2D eigenvalue weighted by Gasteiger charge is 2.41. The van der Waals surface area contributed by atoms with E-state index in [9.17, 15) is 4.79 Å². The van der Waals surface area contributed by atoms with Crippen molar-refractivity contribution in [1.29, 1.82) is 0 Å². The van der Waals surface area contributed by atoms with E-state index in [1.54, 1.807) is 6.92 Å². The molecule has 2 heterocycles. The Morgan fingerprint density at radius 2 is 1.92 bits per heavy atom. The molecule has 4 atom stereocenters. The molecule has 1 N–H and O–H groups in total. The number of carbonyl (C=O) groups excluding carboxylic acids is 1. The van der Waals surface area contributed by atoms with Crippen LogP contribution in [0.3, 0.4) is 0 Å². The van der Waals surface area contributed by atoms with Gasteiger partial charge in [-0.15, -0.1) is 0 Å². The van der Waals surface area contributed by atoms with Gasteiger partial charge < -0.3 is 15.0 Å². The summed E-state index contributed by atoms with van der Waals surface area (Å²) in [5.74, 6) is 0.564. The second-order valence-electron chi connectivity index (χ2n) is 8.39. The molecular weight excluding hydrogens is 324 g/mol. The summed E-state index contributed by atoms with van der Waals surface area (Å²) in [4.78, 5) is 14.2. The van der Waals surface area contributed by atoms with Crippen molar-refractivity contribution in [2.24, 2.45) is 5.92 Å². The standard InChI is InChI=1S/C22H32N2O2/c1-15-13-17(24-11-5-6-12-24)9-10-18(15)22-14-20(23-16(2)25)19-7-3-4-8-21(19)26-22/h9-10,13,19-22H,3-8,11-12,14H2,1-2H3,(H,23,25)/t19-,20+,21+,22+/m0/s1. The first kappa shape index (κ1) is 17.8. The fraction of sp³-hybridized carbons (Fsp3) is 0.682. The summed E-state index contributed by atoms with van der Waals surface area (Å²) in [7, 11) is 0. The number of amides is 1. The SMILES string of the molecule is CC(=O)N[C@@H]1C[C@H](c2ccc(N3CCCC3)cc2C)O[C@@H]2CCCC[C@@H]12. The molecule has 3 fully saturated rings. The van der Waals surface area contributed by atoms with Gasteiger partial charge >= 0.3 is 0 Å². The molecule has 2 saturated heterocycles. The molecule has 4 rings (SSSR count). The fourth-order valence-electron chi connectivity index (χ4n) is 5.25. The predicted octanol–water partition coefficient (Wildman–Crippen LogP) is 4.12. The first-order chi connectivity index (χ1) is 12.6. The average Bonchev–Trinajstić information content (AvgIpc) is 3.16. The molecular formula is C22H32N2O2. The number of carbonyl (C=O) groups is 1. The van der Waals surface area contributed by atoms with E-state index < -0.39 is 0 Å². The molecule has 1 aliphatic carbocycles. The Bertz CT molecular complexity index is 654. The van der Waals surface area contributed by atoms with Crippen molar-refractivity contribution >= 4 is 11.6 Å². The molecule has 4 nitrogen and oxygen atoms in total. The van der Waals surface area contributed by atoms with E-state index in [-0.39, 0.29) is 24.2 Å². The molecule has 26 heavy (non-hydrogen) atoms. The van der Waals surface area contributed by atoms with Gasteiger partial charge in [0, 0.05) is 37.7 Å². The molecule has 142 valence electrons. The third-order valence-electron chi connectivity index (χ3n) is 6.54. The summed E-state index contributed by atoms with van der Waals surface area (Å²) in [5, 5.41) is 3.23. The van der Waals surface area contributed by atoms with Crippen LogP contribution in [0.2, 0.25) is 0 Å². The van der Waals surface area contributed by atoms with Crippen LogP contribution in [-0.2, 0) is 9.53 Å². The highest BCUT2D eigenvalue weighted by Crippen LogP contribution is 2.42. The highest BCUT2D eigenvalue weighted by molar-refractivity contribution is 5.73. The van der Waals surface area contributed by atoms with Crippen molar-refractivity contribution in [3.8, 4) is 0 Å². The number of fused-ring (bicyclic) bond motifs is 1. The lowest BCUT2D eigenvalue weighted by molar-refractivity contribution is -0.131. The molecule has 0 aromatic heterocycles. The summed E-state index contributed by atoms with van der Waals surface area (Å²) in [6, 6.07) is 7.10. The van der Waals surface area contributed by atoms with Gasteiger partial charge in [-0.1, -0.05) is 18.9 Å². The fourth-order valence-corrected chi connectivity index (χ4v) is 5.25. The van der Waals surface area contributed by atoms with E-state index in [0.29, 0.717) is 5.92 Å². The van der Waals surface area contributed by atoms with Crippen LogP contribution in [0.1, 0.15) is 69.1 Å². The molecule has 1 aromatic rings. The molecule has 0 unspecified atom stereocenters. The monoisotopic (exact) mass is 356 g/mol. The number of rotatable bonds is 3. The van der Waals surface area contributed by atoms with E-state index in [2.05, 4.69) is 35.3 Å². The highest BCUT2D eigenvalue weighted by atomic mass is 16.5. The van der Waals surface area contributed by atoms with Crippen LogP contribution in [0.25, 0.3) is 0 Å². The van der Waals surface area contributed by atoms with E-state index >= 15 is 0 Å². The summed E-state index contributed by atoms with van der Waals surface area (Å²) in [5.41, 5.74) is 3.95. The van der Waals surface area contributed by atoms with Gasteiger partial charge in [-0.3, -0.25) is 4.79 Å². The molecule has 0 bridgehead atoms. The van der Waals surface area contributed by atoms with Crippen LogP contribution in [0.15, 0.2) is 18.2 Å². The number of hydrogen-bond acceptors (Lipinski definition) is 3. The molecule has 2 aliphatic heterocycles. The topological polar surface area (TPSA) is 41.6 Å². The van der Waals surface area contributed by atoms with Crippen LogP contribution >= 0.6 is 0 Å². The van der Waals surface area contributed by atoms with Crippen molar-refractivity contribution in [2.75, 3.05) is 18.0 Å². The Hall–Kier alpha value is -1.55. The summed E-state index contributed by atoms with van der Waals surface area (Å²) >= 11 is 0. The number of nitrogens with one attached hydrogen (secondary N) is 1. The summed E-state index contributed by atoms with van der Waals surface area (Å²) in [6.45, 7) is 6.19. The van der Waals surface area contributed by atoms with Crippen LogP contribution in [0.5, 0.6) is 0 Å². The Kier molecular flexibility index (Phi) is 5.21.